The molecule has 1 amide bonds. The highest BCUT2D eigenvalue weighted by molar-refractivity contribution is 7.12. The van der Waals surface area contributed by atoms with Gasteiger partial charge in [0, 0.05) is 0 Å². The second-order valence-corrected chi connectivity index (χ2v) is 5.29. The normalized spacial score (nSPS) is 10.7. The molecule has 0 unspecified atom stereocenters. The van der Waals surface area contributed by atoms with E-state index in [0.29, 0.717) is 11.3 Å². The van der Waals surface area contributed by atoms with Crippen LogP contribution >= 0.6 is 11.3 Å². The summed E-state index contributed by atoms with van der Waals surface area (Å²) < 4.78 is 4.63. The van der Waals surface area contributed by atoms with E-state index in [-0.39, 0.29) is 16.2 Å². The molecule has 116 valence electrons. The number of amides is 1. The molecule has 0 bridgehead atoms. The first-order valence-corrected chi connectivity index (χ1v) is 7.31. The molecule has 1 heterocycles. The number of nitrogens with one attached hydrogen (secondary N) is 1. The van der Waals surface area contributed by atoms with Gasteiger partial charge in [-0.25, -0.2) is 4.79 Å². The zero-order chi connectivity index (χ0) is 16.8. The van der Waals surface area contributed by atoms with Gasteiger partial charge in [-0.2, -0.15) is 5.26 Å². The number of rotatable bonds is 4. The van der Waals surface area contributed by atoms with Crippen molar-refractivity contribution in [2.24, 2.45) is 0 Å². The smallest absolute Gasteiger partial charge is 0.350 e. The van der Waals surface area contributed by atoms with E-state index in [9.17, 15) is 14.7 Å². The minimum atomic E-state index is -0.635. The van der Waals surface area contributed by atoms with Crippen LogP contribution in [0.2, 0.25) is 0 Å². The van der Waals surface area contributed by atoms with Crippen molar-refractivity contribution < 1.29 is 19.4 Å². The topological polar surface area (TPSA) is 99.4 Å². The second-order valence-electron chi connectivity index (χ2n) is 4.37. The highest BCUT2D eigenvalue weighted by atomic mass is 32.1. The average Bonchev–Trinajstić information content (AvgIpc) is 3.01. The van der Waals surface area contributed by atoms with E-state index in [2.05, 4.69) is 10.1 Å². The van der Waals surface area contributed by atoms with E-state index in [1.807, 2.05) is 6.07 Å². The van der Waals surface area contributed by atoms with Crippen molar-refractivity contribution in [3.05, 3.63) is 51.7 Å². The molecule has 1 aromatic carbocycles. The third-order valence-corrected chi connectivity index (χ3v) is 3.75. The average molecular weight is 328 g/mol. The number of aromatic hydroxyl groups is 1. The fourth-order valence-electron chi connectivity index (χ4n) is 1.73. The van der Waals surface area contributed by atoms with Crippen molar-refractivity contribution in [3.63, 3.8) is 0 Å². The molecule has 2 aromatic rings. The molecule has 7 heteroatoms. The molecule has 0 spiro atoms. The maximum absolute atomic E-state index is 12.2. The van der Waals surface area contributed by atoms with Gasteiger partial charge in [0.05, 0.1) is 12.8 Å². The number of phenolic OH excluding ortho intramolecular Hbond substituents is 1. The zero-order valence-electron chi connectivity index (χ0n) is 12.1. The summed E-state index contributed by atoms with van der Waals surface area (Å²) >= 11 is 1.13. The highest BCUT2D eigenvalue weighted by Crippen LogP contribution is 2.24. The first kappa shape index (κ1) is 16.3. The number of anilines is 1. The number of carbonyl (C=O) groups is 2. The maximum atomic E-state index is 12.2. The van der Waals surface area contributed by atoms with E-state index in [1.54, 1.807) is 23.6 Å². The number of esters is 1. The highest BCUT2D eigenvalue weighted by Gasteiger charge is 2.17. The second kappa shape index (κ2) is 7.24. The van der Waals surface area contributed by atoms with Crippen LogP contribution in [0.3, 0.4) is 0 Å². The van der Waals surface area contributed by atoms with Crippen LogP contribution in [0.15, 0.2) is 41.3 Å². The van der Waals surface area contributed by atoms with Gasteiger partial charge in [-0.3, -0.25) is 4.79 Å². The lowest BCUT2D eigenvalue weighted by Gasteiger charge is -2.05. The van der Waals surface area contributed by atoms with Crippen molar-refractivity contribution in [1.29, 1.82) is 5.26 Å². The van der Waals surface area contributed by atoms with Gasteiger partial charge in [-0.1, -0.05) is 12.1 Å². The molecule has 0 saturated carbocycles. The minimum Gasteiger partial charge on any atom is -0.508 e. The largest absolute Gasteiger partial charge is 0.508 e. The summed E-state index contributed by atoms with van der Waals surface area (Å²) in [5, 5.41) is 22.5. The summed E-state index contributed by atoms with van der Waals surface area (Å²) in [7, 11) is 1.25. The lowest BCUT2D eigenvalue weighted by atomic mass is 10.1. The summed E-state index contributed by atoms with van der Waals surface area (Å²) in [5.41, 5.74) is 0.754. The Kier molecular flexibility index (Phi) is 5.12. The van der Waals surface area contributed by atoms with Gasteiger partial charge in [0.2, 0.25) is 0 Å². The maximum Gasteiger partial charge on any atom is 0.350 e. The van der Waals surface area contributed by atoms with Crippen LogP contribution in [0, 0.1) is 11.3 Å². The Hall–Kier alpha value is -3.11. The van der Waals surface area contributed by atoms with Crippen molar-refractivity contribution in [2.45, 2.75) is 0 Å². The SMILES string of the molecule is COC(=O)c1sccc1NC(=O)/C(C#N)=C/c1ccc(O)cc1. The molecule has 23 heavy (non-hydrogen) atoms. The molecule has 6 nitrogen and oxygen atoms in total. The lowest BCUT2D eigenvalue weighted by Crippen LogP contribution is -2.15. The summed E-state index contributed by atoms with van der Waals surface area (Å²) in [6.07, 6.45) is 1.39. The number of hydrogen-bond donors (Lipinski definition) is 2. The van der Waals surface area contributed by atoms with Crippen LogP contribution in [0.25, 0.3) is 6.08 Å². The number of methoxy groups -OCH3 is 1. The Bertz CT molecular complexity index is 800. The Labute approximate surface area is 136 Å². The van der Waals surface area contributed by atoms with E-state index in [0.717, 1.165) is 11.3 Å². The van der Waals surface area contributed by atoms with Crippen molar-refractivity contribution in [2.75, 3.05) is 12.4 Å². The van der Waals surface area contributed by atoms with Crippen LogP contribution in [-0.2, 0) is 9.53 Å². The number of nitriles is 1. The molecule has 1 aromatic heterocycles. The van der Waals surface area contributed by atoms with Gasteiger partial charge < -0.3 is 15.2 Å². The van der Waals surface area contributed by atoms with Crippen LogP contribution in [0.1, 0.15) is 15.2 Å². The first-order chi connectivity index (χ1) is 11.0. The molecule has 0 aliphatic rings. The quantitative estimate of drug-likeness (QED) is 0.511. The Balaban J connectivity index is 2.22. The fraction of sp³-hybridized carbons (Fsp3) is 0.0625. The summed E-state index contributed by atoms with van der Waals surface area (Å²) in [6, 6.07) is 9.42. The predicted molar refractivity (Wildman–Crippen MR) is 86.0 cm³/mol. The van der Waals surface area contributed by atoms with Gasteiger partial charge in [0.1, 0.15) is 22.3 Å². The fourth-order valence-corrected chi connectivity index (χ4v) is 2.50. The molecule has 2 rings (SSSR count). The molecular formula is C16H12N2O4S. The predicted octanol–water partition coefficient (Wildman–Crippen LogP) is 2.79. The van der Waals surface area contributed by atoms with Gasteiger partial charge in [0.25, 0.3) is 5.91 Å². The molecule has 2 N–H and O–H groups in total. The number of ether oxygens (including phenoxy) is 1. The number of nitrogens with zero attached hydrogens (tertiary/aromatic N) is 1. The molecule has 0 atom stereocenters. The van der Waals surface area contributed by atoms with Crippen molar-refractivity contribution >= 4 is 35.0 Å². The first-order valence-electron chi connectivity index (χ1n) is 6.43. The number of hydrogen-bond acceptors (Lipinski definition) is 6. The number of thiophene rings is 1. The van der Waals surface area contributed by atoms with Gasteiger partial charge in [-0.05, 0) is 35.2 Å². The van der Waals surface area contributed by atoms with E-state index >= 15 is 0 Å². The monoisotopic (exact) mass is 328 g/mol. The van der Waals surface area contributed by atoms with Crippen LogP contribution in [0.5, 0.6) is 5.75 Å². The molecule has 0 fully saturated rings. The van der Waals surface area contributed by atoms with Crippen molar-refractivity contribution in [3.8, 4) is 11.8 Å². The summed E-state index contributed by atoms with van der Waals surface area (Å²) in [5.74, 6) is -1.11. The van der Waals surface area contributed by atoms with E-state index in [4.69, 9.17) is 5.26 Å². The third-order valence-electron chi connectivity index (χ3n) is 2.85. The van der Waals surface area contributed by atoms with Crippen LogP contribution in [-0.4, -0.2) is 24.1 Å². The standard InChI is InChI=1S/C16H12N2O4S/c1-22-16(21)14-13(6-7-23-14)18-15(20)11(9-17)8-10-2-4-12(19)5-3-10/h2-8,19H,1H3,(H,18,20)/b11-8+. The van der Waals surface area contributed by atoms with Gasteiger partial charge in [0.15, 0.2) is 0 Å². The van der Waals surface area contributed by atoms with Crippen LogP contribution in [0.4, 0.5) is 5.69 Å². The summed E-state index contributed by atoms with van der Waals surface area (Å²) in [6.45, 7) is 0. The molecule has 0 aliphatic carbocycles. The molecule has 0 radical (unpaired) electrons. The number of carbonyl (C=O) groups excluding carboxylic acids is 2. The van der Waals surface area contributed by atoms with E-state index in [1.165, 1.54) is 25.3 Å². The van der Waals surface area contributed by atoms with Crippen LogP contribution < -0.4 is 5.32 Å². The number of benzene rings is 1. The van der Waals surface area contributed by atoms with Gasteiger partial charge >= 0.3 is 5.97 Å². The minimum absolute atomic E-state index is 0.0890. The van der Waals surface area contributed by atoms with Gasteiger partial charge in [-0.15, -0.1) is 11.3 Å². The summed E-state index contributed by atoms with van der Waals surface area (Å²) in [4.78, 5) is 24.0. The zero-order valence-corrected chi connectivity index (χ0v) is 12.9. The molecular weight excluding hydrogens is 316 g/mol. The third kappa shape index (κ3) is 3.96. The Morgan fingerprint density at radius 2 is 2.00 bits per heavy atom. The Morgan fingerprint density at radius 3 is 2.61 bits per heavy atom. The Morgan fingerprint density at radius 1 is 1.30 bits per heavy atom. The lowest BCUT2D eigenvalue weighted by molar-refractivity contribution is -0.112. The molecule has 0 aliphatic heterocycles. The number of phenols is 1. The van der Waals surface area contributed by atoms with E-state index < -0.39 is 11.9 Å². The molecule has 0 saturated heterocycles. The van der Waals surface area contributed by atoms with Crippen molar-refractivity contribution in [1.82, 2.24) is 0 Å².